The van der Waals surface area contributed by atoms with Gasteiger partial charge in [0, 0.05) is 21.5 Å². The van der Waals surface area contributed by atoms with Crippen molar-refractivity contribution in [1.82, 2.24) is 0 Å². The summed E-state index contributed by atoms with van der Waals surface area (Å²) in [5, 5.41) is 10.7. The molecule has 0 saturated carbocycles. The molecule has 0 amide bonds. The van der Waals surface area contributed by atoms with Crippen molar-refractivity contribution < 1.29 is 9.50 Å². The predicted octanol–water partition coefficient (Wildman–Crippen LogP) is 4.52. The molecule has 0 aliphatic heterocycles. The van der Waals surface area contributed by atoms with E-state index in [0.29, 0.717) is 21.5 Å². The molecule has 2 aromatic carbocycles. The third-order valence-electron chi connectivity index (χ3n) is 2.66. The number of benzene rings is 2. The largest absolute Gasteiger partial charge is 0.388 e. The fourth-order valence-corrected chi connectivity index (χ4v) is 2.18. The maximum absolute atomic E-state index is 13.7. The van der Waals surface area contributed by atoms with Gasteiger partial charge in [-0.05, 0) is 29.8 Å². The minimum Gasteiger partial charge on any atom is -0.388 e. The second-order valence-corrected chi connectivity index (χ2v) is 5.36. The van der Waals surface area contributed by atoms with Gasteiger partial charge in [0.1, 0.15) is 5.82 Å². The van der Waals surface area contributed by atoms with E-state index in [2.05, 4.69) is 15.9 Å². The summed E-state index contributed by atoms with van der Waals surface area (Å²) in [7, 11) is 0. The van der Waals surface area contributed by atoms with Gasteiger partial charge in [-0.2, -0.15) is 0 Å². The van der Waals surface area contributed by atoms with Crippen LogP contribution in [0, 0.1) is 5.82 Å². The highest BCUT2D eigenvalue weighted by molar-refractivity contribution is 9.10. The number of hydrogen-bond donors (Lipinski definition) is 1. The molecule has 0 heterocycles. The Hall–Kier alpha value is -0.900. The Morgan fingerprint density at radius 3 is 2.44 bits per heavy atom. The van der Waals surface area contributed by atoms with Crippen LogP contribution in [0.5, 0.6) is 0 Å². The van der Waals surface area contributed by atoms with Crippen molar-refractivity contribution >= 4 is 27.5 Å². The molecule has 1 atom stereocenters. The van der Waals surface area contributed by atoms with Gasteiger partial charge in [-0.3, -0.25) is 0 Å². The first kappa shape index (κ1) is 13.5. The van der Waals surface area contributed by atoms with Gasteiger partial charge in [0.15, 0.2) is 0 Å². The van der Waals surface area contributed by atoms with Crippen LogP contribution in [0.15, 0.2) is 46.9 Å². The maximum atomic E-state index is 13.7. The average molecular weight is 330 g/mol. The van der Waals surface area contributed by atoms with Gasteiger partial charge >= 0.3 is 0 Å². The molecule has 0 saturated heterocycles. The summed E-state index contributed by atoms with van der Waals surface area (Å²) >= 11 is 8.96. The van der Waals surface area contributed by atoms with E-state index in [-0.39, 0.29) is 0 Å². The van der Waals surface area contributed by atoms with Crippen LogP contribution in [0.4, 0.5) is 4.39 Å². The molecule has 0 fully saturated rings. The zero-order valence-corrected chi connectivity index (χ0v) is 11.7. The molecule has 0 spiro atoms. The van der Waals surface area contributed by atoms with Crippen LogP contribution in [0.2, 0.25) is 5.02 Å². The van der Waals surface area contributed by atoms with Crippen LogP contribution in [0.1, 0.15) is 17.2 Å². The number of aliphatic hydroxyl groups excluding tert-OH is 1. The van der Waals surface area contributed by atoms with E-state index in [0.717, 1.165) is 5.56 Å². The minimum absolute atomic E-state index is 0.299. The summed E-state index contributed by atoms with van der Waals surface area (Å²) in [6, 6.07) is 11.8. The highest BCUT2D eigenvalue weighted by Crippen LogP contribution is 2.24. The van der Waals surface area contributed by atoms with Crippen LogP contribution in [-0.4, -0.2) is 5.11 Å². The summed E-state index contributed by atoms with van der Waals surface area (Å²) in [5.74, 6) is -0.411. The Bertz CT molecular complexity index is 542. The van der Waals surface area contributed by atoms with Gasteiger partial charge in [-0.1, -0.05) is 45.7 Å². The lowest BCUT2D eigenvalue weighted by Crippen LogP contribution is -2.04. The second kappa shape index (κ2) is 5.83. The van der Waals surface area contributed by atoms with E-state index in [1.807, 2.05) is 12.1 Å². The first-order chi connectivity index (χ1) is 8.56. The van der Waals surface area contributed by atoms with E-state index >= 15 is 0 Å². The zero-order valence-electron chi connectivity index (χ0n) is 9.41. The van der Waals surface area contributed by atoms with E-state index in [1.165, 1.54) is 6.07 Å². The molecule has 2 rings (SSSR count). The zero-order chi connectivity index (χ0) is 13.1. The highest BCUT2D eigenvalue weighted by Gasteiger charge is 2.13. The predicted molar refractivity (Wildman–Crippen MR) is 74.2 cm³/mol. The Kier molecular flexibility index (Phi) is 4.38. The van der Waals surface area contributed by atoms with Gasteiger partial charge in [-0.15, -0.1) is 0 Å². The van der Waals surface area contributed by atoms with Crippen LogP contribution >= 0.6 is 27.5 Å². The SMILES string of the molecule is OC(Cc1ccc(Cl)cc1)c1ccc(Br)cc1F. The summed E-state index contributed by atoms with van der Waals surface area (Å²) < 4.78 is 14.3. The van der Waals surface area contributed by atoms with Crippen molar-refractivity contribution in [1.29, 1.82) is 0 Å². The molecular formula is C14H11BrClFO. The molecule has 0 aromatic heterocycles. The lowest BCUT2D eigenvalue weighted by Gasteiger charge is -2.12. The van der Waals surface area contributed by atoms with Crippen LogP contribution in [0.25, 0.3) is 0 Å². The third-order valence-corrected chi connectivity index (χ3v) is 3.41. The summed E-state index contributed by atoms with van der Waals surface area (Å²) in [6.07, 6.45) is -0.505. The van der Waals surface area contributed by atoms with Crippen LogP contribution in [-0.2, 0) is 6.42 Å². The van der Waals surface area contributed by atoms with E-state index in [1.54, 1.807) is 24.3 Å². The van der Waals surface area contributed by atoms with Crippen LogP contribution < -0.4 is 0 Å². The average Bonchev–Trinajstić information content (AvgIpc) is 2.32. The Morgan fingerprint density at radius 1 is 1.17 bits per heavy atom. The van der Waals surface area contributed by atoms with Crippen molar-refractivity contribution in [2.45, 2.75) is 12.5 Å². The minimum atomic E-state index is -0.862. The third kappa shape index (κ3) is 3.31. The molecule has 2 aromatic rings. The highest BCUT2D eigenvalue weighted by atomic mass is 79.9. The lowest BCUT2D eigenvalue weighted by molar-refractivity contribution is 0.173. The first-order valence-corrected chi connectivity index (χ1v) is 6.61. The first-order valence-electron chi connectivity index (χ1n) is 5.44. The maximum Gasteiger partial charge on any atom is 0.130 e. The number of rotatable bonds is 3. The topological polar surface area (TPSA) is 20.2 Å². The summed E-state index contributed by atoms with van der Waals surface area (Å²) in [5.41, 5.74) is 1.21. The van der Waals surface area contributed by atoms with E-state index < -0.39 is 11.9 Å². The number of aliphatic hydroxyl groups is 1. The Balaban J connectivity index is 2.16. The quantitative estimate of drug-likeness (QED) is 0.878. The fourth-order valence-electron chi connectivity index (χ4n) is 1.73. The van der Waals surface area contributed by atoms with Gasteiger partial charge in [0.05, 0.1) is 6.10 Å². The van der Waals surface area contributed by atoms with Crippen molar-refractivity contribution in [3.63, 3.8) is 0 Å². The Morgan fingerprint density at radius 2 is 1.83 bits per heavy atom. The molecule has 18 heavy (non-hydrogen) atoms. The Labute approximate surface area is 118 Å². The molecule has 1 N–H and O–H groups in total. The van der Waals surface area contributed by atoms with Gasteiger partial charge in [0.2, 0.25) is 0 Å². The number of hydrogen-bond acceptors (Lipinski definition) is 1. The van der Waals surface area contributed by atoms with Gasteiger partial charge < -0.3 is 5.11 Å². The fraction of sp³-hybridized carbons (Fsp3) is 0.143. The molecule has 94 valence electrons. The van der Waals surface area contributed by atoms with E-state index in [4.69, 9.17) is 11.6 Å². The van der Waals surface area contributed by atoms with E-state index in [9.17, 15) is 9.50 Å². The van der Waals surface area contributed by atoms with Crippen molar-refractivity contribution in [2.24, 2.45) is 0 Å². The molecule has 0 bridgehead atoms. The summed E-state index contributed by atoms with van der Waals surface area (Å²) in [6.45, 7) is 0. The number of halogens is 3. The molecule has 0 aliphatic rings. The molecule has 0 aliphatic carbocycles. The van der Waals surface area contributed by atoms with Gasteiger partial charge in [-0.25, -0.2) is 4.39 Å². The standard InChI is InChI=1S/C14H11BrClFO/c15-10-3-6-12(13(17)8-10)14(18)7-9-1-4-11(16)5-2-9/h1-6,8,14,18H,7H2. The molecule has 4 heteroatoms. The second-order valence-electron chi connectivity index (χ2n) is 4.01. The normalized spacial score (nSPS) is 12.4. The van der Waals surface area contributed by atoms with Crippen molar-refractivity contribution in [3.8, 4) is 0 Å². The van der Waals surface area contributed by atoms with Gasteiger partial charge in [0.25, 0.3) is 0 Å². The van der Waals surface area contributed by atoms with Crippen molar-refractivity contribution in [3.05, 3.63) is 68.9 Å². The molecular weight excluding hydrogens is 319 g/mol. The lowest BCUT2D eigenvalue weighted by atomic mass is 10.0. The van der Waals surface area contributed by atoms with Crippen molar-refractivity contribution in [2.75, 3.05) is 0 Å². The smallest absolute Gasteiger partial charge is 0.130 e. The molecule has 0 radical (unpaired) electrons. The molecule has 1 nitrogen and oxygen atoms in total. The monoisotopic (exact) mass is 328 g/mol. The summed E-state index contributed by atoms with van der Waals surface area (Å²) in [4.78, 5) is 0. The van der Waals surface area contributed by atoms with Crippen LogP contribution in [0.3, 0.4) is 0 Å². The molecule has 1 unspecified atom stereocenters.